The maximum atomic E-state index is 6.49. The summed E-state index contributed by atoms with van der Waals surface area (Å²) in [6, 6.07) is 108. The number of benzene rings is 12. The van der Waals surface area contributed by atoms with Crippen molar-refractivity contribution in [2.24, 2.45) is 0 Å². The Hall–Kier alpha value is -10.3. The summed E-state index contributed by atoms with van der Waals surface area (Å²) >= 11 is 0. The standard InChI is InChI=1S/C88H78N2OSi/c1-8-62-25-29-64(30-26-62)67-39-50-78(51-40-67)91-56-58-92(6,7)57-18-55-88(73-19-12-10-13-20-73)83-24-17-16-23-79(83)80-52-49-77(61-84(80)88)89(75-45-35-66(36-46-75)65-33-43-72(44-34-65)87(3,4)5)76-47-37-69(38-48-76)71-42-54-86-82(60-71)81-59-70(68-31-27-63(9-2)28-32-68)41-53-85(81)90(86)74-21-14-11-15-22-74/h8-17,19-54,59-61H,1-2,18,55-58H2,3-7H3. The normalized spacial score (nSPS) is 13.6. The van der Waals surface area contributed by atoms with Crippen molar-refractivity contribution in [1.82, 2.24) is 4.57 Å². The summed E-state index contributed by atoms with van der Waals surface area (Å²) in [5.41, 5.74) is 26.3. The minimum absolute atomic E-state index is 0.0791. The van der Waals surface area contributed by atoms with Gasteiger partial charge >= 0.3 is 0 Å². The Kier molecular flexibility index (Phi) is 16.0. The Morgan fingerprint density at radius 3 is 1.41 bits per heavy atom. The van der Waals surface area contributed by atoms with Crippen molar-refractivity contribution in [1.29, 1.82) is 0 Å². The molecule has 1 unspecified atom stereocenters. The molecule has 1 aromatic heterocycles. The summed E-state index contributed by atoms with van der Waals surface area (Å²) in [4.78, 5) is 2.47. The predicted octanol–water partition coefficient (Wildman–Crippen LogP) is 24.4. The SMILES string of the molecule is C=Cc1ccc(-c2ccc(OCC[Si](C)(C)CCCC3(c4ccccc4)c4ccccc4-c4ccc(N(c5ccc(-c6ccc(C(C)(C)C)cc6)cc5)c5ccc(-c6ccc7c(c6)c6cc(-c8ccc(C=C)cc8)ccc6n7-c6ccccc6)cc5)cc43)cc2)cc1. The first-order valence-corrected chi connectivity index (χ1v) is 36.0. The lowest BCUT2D eigenvalue weighted by molar-refractivity contribution is 0.338. The van der Waals surface area contributed by atoms with Gasteiger partial charge in [-0.15, -0.1) is 0 Å². The van der Waals surface area contributed by atoms with E-state index in [1.165, 1.54) is 100 Å². The highest BCUT2D eigenvalue weighted by atomic mass is 28.3. The maximum absolute atomic E-state index is 6.49. The summed E-state index contributed by atoms with van der Waals surface area (Å²) in [7, 11) is -1.71. The zero-order chi connectivity index (χ0) is 63.0. The van der Waals surface area contributed by atoms with Crippen molar-refractivity contribution >= 4 is 59.1 Å². The predicted molar refractivity (Wildman–Crippen MR) is 396 cm³/mol. The molecule has 0 N–H and O–H groups in total. The number of hydrogen-bond acceptors (Lipinski definition) is 2. The van der Waals surface area contributed by atoms with E-state index in [1.807, 2.05) is 12.2 Å². The van der Waals surface area contributed by atoms with Crippen molar-refractivity contribution in [3.63, 3.8) is 0 Å². The number of para-hydroxylation sites is 1. The van der Waals surface area contributed by atoms with Gasteiger partial charge in [0.15, 0.2) is 0 Å². The third-order valence-corrected chi connectivity index (χ3v) is 22.6. The van der Waals surface area contributed by atoms with Gasteiger partial charge in [0.1, 0.15) is 5.75 Å². The molecule has 0 aliphatic heterocycles. The van der Waals surface area contributed by atoms with Gasteiger partial charge in [0.2, 0.25) is 0 Å². The van der Waals surface area contributed by atoms with E-state index in [4.69, 9.17) is 4.74 Å². The van der Waals surface area contributed by atoms with Crippen LogP contribution in [-0.2, 0) is 10.8 Å². The van der Waals surface area contributed by atoms with E-state index >= 15 is 0 Å². The Morgan fingerprint density at radius 2 is 0.880 bits per heavy atom. The minimum Gasteiger partial charge on any atom is -0.494 e. The average molecular weight is 1210 g/mol. The number of rotatable bonds is 19. The number of fused-ring (bicyclic) bond motifs is 6. The van der Waals surface area contributed by atoms with Crippen LogP contribution in [0, 0.1) is 0 Å². The first-order chi connectivity index (χ1) is 44.8. The molecular weight excluding hydrogens is 1130 g/mol. The van der Waals surface area contributed by atoms with Gasteiger partial charge in [0.25, 0.3) is 0 Å². The lowest BCUT2D eigenvalue weighted by atomic mass is 9.69. The van der Waals surface area contributed by atoms with Gasteiger partial charge in [-0.3, -0.25) is 0 Å². The molecule has 13 aromatic rings. The molecule has 1 atom stereocenters. The number of aromatic nitrogens is 1. The van der Waals surface area contributed by atoms with Crippen LogP contribution < -0.4 is 9.64 Å². The van der Waals surface area contributed by atoms with Crippen LogP contribution in [0.2, 0.25) is 25.2 Å². The highest BCUT2D eigenvalue weighted by molar-refractivity contribution is 6.77. The largest absolute Gasteiger partial charge is 0.494 e. The fraction of sp³-hybridized carbons (Fsp3) is 0.136. The minimum atomic E-state index is -1.71. The highest BCUT2D eigenvalue weighted by Gasteiger charge is 2.45. The van der Waals surface area contributed by atoms with Gasteiger partial charge in [-0.1, -0.05) is 272 Å². The first-order valence-electron chi connectivity index (χ1n) is 32.6. The Labute approximate surface area is 544 Å². The highest BCUT2D eigenvalue weighted by Crippen LogP contribution is 2.57. The number of hydrogen-bond donors (Lipinski definition) is 0. The molecule has 92 heavy (non-hydrogen) atoms. The van der Waals surface area contributed by atoms with E-state index in [0.717, 1.165) is 70.7 Å². The molecule has 0 saturated carbocycles. The van der Waals surface area contributed by atoms with Crippen molar-refractivity contribution in [2.45, 2.75) is 69.6 Å². The zero-order valence-corrected chi connectivity index (χ0v) is 54.5. The van der Waals surface area contributed by atoms with Crippen LogP contribution in [0.3, 0.4) is 0 Å². The fourth-order valence-electron chi connectivity index (χ4n) is 14.2. The van der Waals surface area contributed by atoms with Crippen molar-refractivity contribution < 1.29 is 4.74 Å². The number of nitrogens with zero attached hydrogens (tertiary/aromatic N) is 2. The topological polar surface area (TPSA) is 17.4 Å². The molecule has 1 aliphatic rings. The molecule has 0 spiro atoms. The van der Waals surface area contributed by atoms with Crippen molar-refractivity contribution in [2.75, 3.05) is 11.5 Å². The van der Waals surface area contributed by atoms with E-state index in [9.17, 15) is 0 Å². The number of ether oxygens (including phenoxy) is 1. The van der Waals surface area contributed by atoms with Crippen molar-refractivity contribution in [3.8, 4) is 67.1 Å². The van der Waals surface area contributed by atoms with Gasteiger partial charge < -0.3 is 14.2 Å². The second kappa shape index (κ2) is 24.8. The molecule has 0 bridgehead atoms. The molecule has 1 heterocycles. The lowest BCUT2D eigenvalue weighted by Gasteiger charge is -2.35. The zero-order valence-electron chi connectivity index (χ0n) is 53.5. The van der Waals surface area contributed by atoms with Crippen LogP contribution in [0.1, 0.15) is 67.0 Å². The summed E-state index contributed by atoms with van der Waals surface area (Å²) in [5.74, 6) is 0.925. The lowest BCUT2D eigenvalue weighted by Crippen LogP contribution is -2.31. The van der Waals surface area contributed by atoms with Crippen LogP contribution in [0.25, 0.3) is 95.3 Å². The fourth-order valence-corrected chi connectivity index (χ4v) is 16.2. The maximum Gasteiger partial charge on any atom is 0.119 e. The molecule has 0 radical (unpaired) electrons. The monoisotopic (exact) mass is 1210 g/mol. The van der Waals surface area contributed by atoms with Gasteiger partial charge in [-0.05, 0) is 192 Å². The summed E-state index contributed by atoms with van der Waals surface area (Å²) < 4.78 is 8.90. The Bertz CT molecular complexity index is 4790. The Morgan fingerprint density at radius 1 is 0.435 bits per heavy atom. The van der Waals surface area contributed by atoms with Gasteiger partial charge in [-0.25, -0.2) is 0 Å². The van der Waals surface area contributed by atoms with Crippen LogP contribution >= 0.6 is 0 Å². The molecule has 1 aliphatic carbocycles. The van der Waals surface area contributed by atoms with E-state index in [2.05, 4.69) is 342 Å². The van der Waals surface area contributed by atoms with E-state index in [0.29, 0.717) is 0 Å². The molecule has 12 aromatic carbocycles. The molecule has 3 nitrogen and oxygen atoms in total. The summed E-state index contributed by atoms with van der Waals surface area (Å²) in [6.07, 6.45) is 5.87. The van der Waals surface area contributed by atoms with Crippen LogP contribution in [-0.4, -0.2) is 19.2 Å². The molecule has 450 valence electrons. The average Bonchev–Trinajstić information content (AvgIpc) is 1.55. The molecule has 14 rings (SSSR count). The third kappa shape index (κ3) is 11.6. The smallest absolute Gasteiger partial charge is 0.119 e. The summed E-state index contributed by atoms with van der Waals surface area (Å²) in [5, 5.41) is 2.44. The van der Waals surface area contributed by atoms with Gasteiger partial charge in [0, 0.05) is 38.9 Å². The van der Waals surface area contributed by atoms with Gasteiger partial charge in [-0.2, -0.15) is 0 Å². The molecule has 0 saturated heterocycles. The van der Waals surface area contributed by atoms with E-state index in [1.54, 1.807) is 0 Å². The van der Waals surface area contributed by atoms with E-state index in [-0.39, 0.29) is 10.8 Å². The number of anilines is 3. The molecule has 0 fully saturated rings. The quantitative estimate of drug-likeness (QED) is 0.0751. The molecule has 4 heteroatoms. The molecular formula is C88H78N2OSi. The third-order valence-electron chi connectivity index (χ3n) is 19.4. The van der Waals surface area contributed by atoms with Crippen LogP contribution in [0.4, 0.5) is 17.1 Å². The van der Waals surface area contributed by atoms with Crippen molar-refractivity contribution in [3.05, 3.63) is 332 Å². The first kappa shape index (κ1) is 59.4. The Balaban J connectivity index is 0.812. The second-order valence-corrected chi connectivity index (χ2v) is 32.1. The van der Waals surface area contributed by atoms with Gasteiger partial charge in [0.05, 0.1) is 25.7 Å². The van der Waals surface area contributed by atoms with Crippen LogP contribution in [0.5, 0.6) is 5.75 Å². The summed E-state index contributed by atoms with van der Waals surface area (Å²) in [6.45, 7) is 20.5. The molecule has 0 amide bonds. The second-order valence-electron chi connectivity index (χ2n) is 26.7. The van der Waals surface area contributed by atoms with Crippen LogP contribution in [0.15, 0.2) is 298 Å². The van der Waals surface area contributed by atoms with E-state index < -0.39 is 8.07 Å².